The number of nitrogens with one attached hydrogen (secondary N) is 2. The number of hydrogen-bond acceptors (Lipinski definition) is 7. The molecule has 2 N–H and O–H groups in total. The van der Waals surface area contributed by atoms with Crippen LogP contribution in [0.4, 0.5) is 16.2 Å². The van der Waals surface area contributed by atoms with Crippen LogP contribution in [0.3, 0.4) is 0 Å². The number of rotatable bonds is 10. The van der Waals surface area contributed by atoms with Gasteiger partial charge in [0.05, 0.1) is 17.7 Å². The maximum absolute atomic E-state index is 12.9. The first-order valence-electron chi connectivity index (χ1n) is 12.3. The highest BCUT2D eigenvalue weighted by molar-refractivity contribution is 9.10. The van der Waals surface area contributed by atoms with E-state index in [9.17, 15) is 19.2 Å². The maximum atomic E-state index is 12.9. The molecular formula is C29H26BrN3O6S. The van der Waals surface area contributed by atoms with E-state index in [0.29, 0.717) is 32.9 Å². The molecule has 1 aliphatic rings. The number of imide groups is 1. The van der Waals surface area contributed by atoms with Gasteiger partial charge in [0.1, 0.15) is 6.54 Å². The summed E-state index contributed by atoms with van der Waals surface area (Å²) < 4.78 is 11.7. The smallest absolute Gasteiger partial charge is 0.294 e. The van der Waals surface area contributed by atoms with Gasteiger partial charge in [-0.05, 0) is 87.7 Å². The molecule has 0 aliphatic carbocycles. The molecule has 40 heavy (non-hydrogen) atoms. The van der Waals surface area contributed by atoms with Crippen LogP contribution in [0.25, 0.3) is 6.08 Å². The second-order valence-corrected chi connectivity index (χ2v) is 10.4. The van der Waals surface area contributed by atoms with E-state index in [1.807, 2.05) is 24.3 Å². The zero-order chi connectivity index (χ0) is 28.6. The van der Waals surface area contributed by atoms with Crippen molar-refractivity contribution in [2.75, 3.05) is 30.9 Å². The van der Waals surface area contributed by atoms with Crippen molar-refractivity contribution >= 4 is 68.1 Å². The average Bonchev–Trinajstić information content (AvgIpc) is 3.21. The number of nitrogens with zero attached hydrogens (tertiary/aromatic N) is 1. The van der Waals surface area contributed by atoms with Gasteiger partial charge in [0.15, 0.2) is 18.1 Å². The van der Waals surface area contributed by atoms with E-state index in [1.165, 1.54) is 18.7 Å². The number of para-hydroxylation sites is 1. The number of carbonyl (C=O) groups excluding carboxylic acids is 4. The molecular weight excluding hydrogens is 598 g/mol. The van der Waals surface area contributed by atoms with Gasteiger partial charge in [0, 0.05) is 10.2 Å². The lowest BCUT2D eigenvalue weighted by Crippen LogP contribution is -2.36. The second-order valence-electron chi connectivity index (χ2n) is 8.59. The fourth-order valence-corrected chi connectivity index (χ4v) is 4.96. The van der Waals surface area contributed by atoms with Crippen molar-refractivity contribution in [2.24, 2.45) is 0 Å². The Balaban J connectivity index is 1.37. The summed E-state index contributed by atoms with van der Waals surface area (Å²) in [5.74, 6) is -0.706. The van der Waals surface area contributed by atoms with Crippen LogP contribution in [0.5, 0.6) is 11.5 Å². The van der Waals surface area contributed by atoms with Gasteiger partial charge < -0.3 is 20.1 Å². The van der Waals surface area contributed by atoms with E-state index < -0.39 is 23.6 Å². The topological polar surface area (TPSA) is 114 Å². The van der Waals surface area contributed by atoms with E-state index in [-0.39, 0.29) is 17.4 Å². The van der Waals surface area contributed by atoms with Gasteiger partial charge in [-0.2, -0.15) is 0 Å². The largest absolute Gasteiger partial charge is 0.493 e. The molecule has 3 aromatic carbocycles. The highest BCUT2D eigenvalue weighted by atomic mass is 79.9. The molecule has 4 amide bonds. The molecule has 0 bridgehead atoms. The molecule has 3 aromatic rings. The average molecular weight is 625 g/mol. The number of amides is 4. The molecule has 206 valence electrons. The fourth-order valence-electron chi connectivity index (χ4n) is 3.74. The molecule has 0 aromatic heterocycles. The van der Waals surface area contributed by atoms with Crippen LogP contribution in [-0.2, 0) is 20.8 Å². The van der Waals surface area contributed by atoms with Crippen LogP contribution in [-0.4, -0.2) is 48.1 Å². The van der Waals surface area contributed by atoms with Crippen molar-refractivity contribution in [3.63, 3.8) is 0 Å². The molecule has 0 saturated carbocycles. The van der Waals surface area contributed by atoms with Crippen LogP contribution in [0.15, 0.2) is 76.1 Å². The van der Waals surface area contributed by atoms with Gasteiger partial charge in [-0.1, -0.05) is 37.3 Å². The third-order valence-corrected chi connectivity index (χ3v) is 7.41. The standard InChI is InChI=1S/C29H26BrN3O6S/c1-3-18-8-11-20(12-9-18)31-27(35)17-39-23-13-10-19(14-24(23)38-2)15-25-28(36)33(29(37)40-25)16-26(34)32-22-7-5-4-6-21(22)30/h4-15H,3,16-17H2,1-2H3,(H,31,35)(H,32,34)/b25-15-. The highest BCUT2D eigenvalue weighted by Gasteiger charge is 2.36. The summed E-state index contributed by atoms with van der Waals surface area (Å²) in [6.07, 6.45) is 2.45. The SMILES string of the molecule is CCc1ccc(NC(=O)COc2ccc(/C=C3\SC(=O)N(CC(=O)Nc4ccccc4Br)C3=O)cc2OC)cc1. The van der Waals surface area contributed by atoms with Crippen molar-refractivity contribution in [1.29, 1.82) is 0 Å². The monoisotopic (exact) mass is 623 g/mol. The Kier molecular flexibility index (Phi) is 9.62. The van der Waals surface area contributed by atoms with Gasteiger partial charge >= 0.3 is 0 Å². The Hall–Kier alpha value is -4.09. The van der Waals surface area contributed by atoms with Crippen molar-refractivity contribution in [1.82, 2.24) is 4.90 Å². The zero-order valence-electron chi connectivity index (χ0n) is 21.7. The van der Waals surface area contributed by atoms with Crippen molar-refractivity contribution in [3.05, 3.63) is 87.2 Å². The van der Waals surface area contributed by atoms with Gasteiger partial charge in [0.25, 0.3) is 17.1 Å². The van der Waals surface area contributed by atoms with E-state index in [2.05, 4.69) is 33.5 Å². The number of halogens is 1. The summed E-state index contributed by atoms with van der Waals surface area (Å²) in [6.45, 7) is 1.42. The number of benzene rings is 3. The number of anilines is 2. The summed E-state index contributed by atoms with van der Waals surface area (Å²) in [5.41, 5.74) is 2.96. The summed E-state index contributed by atoms with van der Waals surface area (Å²) >= 11 is 4.09. The molecule has 1 fully saturated rings. The third-order valence-electron chi connectivity index (χ3n) is 5.81. The van der Waals surface area contributed by atoms with Crippen LogP contribution in [0.1, 0.15) is 18.1 Å². The lowest BCUT2D eigenvalue weighted by Gasteiger charge is -2.13. The number of methoxy groups -OCH3 is 1. The predicted octanol–water partition coefficient (Wildman–Crippen LogP) is 5.71. The van der Waals surface area contributed by atoms with Crippen molar-refractivity contribution < 1.29 is 28.7 Å². The Labute approximate surface area is 244 Å². The van der Waals surface area contributed by atoms with Crippen molar-refractivity contribution in [3.8, 4) is 11.5 Å². The molecule has 1 heterocycles. The summed E-state index contributed by atoms with van der Waals surface area (Å²) in [4.78, 5) is 51.2. The molecule has 0 atom stereocenters. The minimum Gasteiger partial charge on any atom is -0.493 e. The van der Waals surface area contributed by atoms with Gasteiger partial charge in [-0.25, -0.2) is 0 Å². The molecule has 0 unspecified atom stereocenters. The third kappa shape index (κ3) is 7.30. The Morgan fingerprint density at radius 3 is 2.42 bits per heavy atom. The van der Waals surface area contributed by atoms with Crippen LogP contribution in [0, 0.1) is 0 Å². The second kappa shape index (κ2) is 13.3. The van der Waals surface area contributed by atoms with E-state index in [4.69, 9.17) is 9.47 Å². The molecule has 0 radical (unpaired) electrons. The van der Waals surface area contributed by atoms with E-state index in [0.717, 1.165) is 23.1 Å². The first kappa shape index (κ1) is 28.9. The number of carbonyl (C=O) groups is 4. The minimum atomic E-state index is -0.569. The molecule has 1 aliphatic heterocycles. The van der Waals surface area contributed by atoms with E-state index >= 15 is 0 Å². The normalized spacial score (nSPS) is 13.9. The van der Waals surface area contributed by atoms with Gasteiger partial charge in [-0.15, -0.1) is 0 Å². The summed E-state index contributed by atoms with van der Waals surface area (Å²) in [6, 6.07) is 19.5. The molecule has 11 heteroatoms. The molecule has 9 nitrogen and oxygen atoms in total. The Morgan fingerprint density at radius 1 is 0.975 bits per heavy atom. The lowest BCUT2D eigenvalue weighted by molar-refractivity contribution is -0.127. The fraction of sp³-hybridized carbons (Fsp3) is 0.172. The van der Waals surface area contributed by atoms with Gasteiger partial charge in [-0.3, -0.25) is 24.1 Å². The Bertz CT molecular complexity index is 1470. The minimum absolute atomic E-state index is 0.169. The zero-order valence-corrected chi connectivity index (χ0v) is 24.1. The Morgan fingerprint density at radius 2 is 1.73 bits per heavy atom. The summed E-state index contributed by atoms with van der Waals surface area (Å²) in [5, 5.41) is 4.92. The first-order chi connectivity index (χ1) is 19.3. The number of ether oxygens (including phenoxy) is 2. The molecule has 4 rings (SSSR count). The molecule has 1 saturated heterocycles. The van der Waals surface area contributed by atoms with E-state index in [1.54, 1.807) is 42.5 Å². The molecule has 0 spiro atoms. The van der Waals surface area contributed by atoms with Crippen LogP contribution < -0.4 is 20.1 Å². The first-order valence-corrected chi connectivity index (χ1v) is 13.9. The maximum Gasteiger partial charge on any atom is 0.294 e. The van der Waals surface area contributed by atoms with Gasteiger partial charge in [0.2, 0.25) is 5.91 Å². The highest BCUT2D eigenvalue weighted by Crippen LogP contribution is 2.34. The summed E-state index contributed by atoms with van der Waals surface area (Å²) in [7, 11) is 1.46. The number of aryl methyl sites for hydroxylation is 1. The predicted molar refractivity (Wildman–Crippen MR) is 158 cm³/mol. The van der Waals surface area contributed by atoms with Crippen molar-refractivity contribution in [2.45, 2.75) is 13.3 Å². The quantitative estimate of drug-likeness (QED) is 0.278. The number of hydrogen-bond donors (Lipinski definition) is 2. The van der Waals surface area contributed by atoms with Crippen LogP contribution in [0.2, 0.25) is 0 Å². The lowest BCUT2D eigenvalue weighted by atomic mass is 10.1. The van der Waals surface area contributed by atoms with Crippen LogP contribution >= 0.6 is 27.7 Å². The number of thioether (sulfide) groups is 1.